The number of carbonyl (C=O) groups is 1. The molecule has 4 nitrogen and oxygen atoms in total. The quantitative estimate of drug-likeness (QED) is 0.681. The van der Waals surface area contributed by atoms with Crippen molar-refractivity contribution in [3.05, 3.63) is 71.2 Å². The Labute approximate surface area is 151 Å². The number of benzene rings is 2. The summed E-state index contributed by atoms with van der Waals surface area (Å²) in [4.78, 5) is 13.2. The minimum atomic E-state index is 0.000703. The Morgan fingerprint density at radius 3 is 2.50 bits per heavy atom. The Kier molecular flexibility index (Phi) is 7.03. The van der Waals surface area contributed by atoms with E-state index < -0.39 is 0 Å². The van der Waals surface area contributed by atoms with Crippen LogP contribution in [0.25, 0.3) is 0 Å². The van der Waals surface area contributed by atoms with Gasteiger partial charge in [-0.3, -0.25) is 4.79 Å². The zero-order chi connectivity index (χ0) is 17.4. The highest BCUT2D eigenvalue weighted by Gasteiger charge is 2.11. The molecule has 2 aromatic carbocycles. The molecule has 126 valence electrons. The number of halogens is 1. The van der Waals surface area contributed by atoms with Gasteiger partial charge in [0.05, 0.1) is 7.05 Å². The van der Waals surface area contributed by atoms with E-state index in [1.807, 2.05) is 55.6 Å². The van der Waals surface area contributed by atoms with Gasteiger partial charge >= 0.3 is 0 Å². The summed E-state index contributed by atoms with van der Waals surface area (Å²) in [5.74, 6) is 0.824. The number of carbonyl (C=O) groups excluding carboxylic acids is 1. The Balaban J connectivity index is 1.81. The van der Waals surface area contributed by atoms with Gasteiger partial charge in [-0.2, -0.15) is 0 Å². The molecule has 0 aliphatic heterocycles. The van der Waals surface area contributed by atoms with Crippen molar-refractivity contribution in [1.29, 1.82) is 0 Å². The third-order valence-electron chi connectivity index (χ3n) is 3.39. The number of nitrogens with one attached hydrogen (secondary N) is 2. The van der Waals surface area contributed by atoms with E-state index in [2.05, 4.69) is 27.8 Å². The summed E-state index contributed by atoms with van der Waals surface area (Å²) < 4.78 is 6.45. The smallest absolute Gasteiger partial charge is 0.279 e. The Morgan fingerprint density at radius 1 is 1.21 bits per heavy atom. The van der Waals surface area contributed by atoms with E-state index in [1.165, 1.54) is 0 Å². The van der Waals surface area contributed by atoms with Crippen molar-refractivity contribution < 1.29 is 14.4 Å². The molecule has 1 atom stereocenters. The van der Waals surface area contributed by atoms with E-state index in [1.54, 1.807) is 6.08 Å². The molecule has 5 heteroatoms. The Bertz CT molecular complexity index is 669. The highest BCUT2D eigenvalue weighted by atomic mass is 79.9. The van der Waals surface area contributed by atoms with Crippen molar-refractivity contribution in [3.63, 3.8) is 0 Å². The number of hydrogen-bond acceptors (Lipinski definition) is 2. The number of rotatable bonds is 8. The molecule has 24 heavy (non-hydrogen) atoms. The lowest BCUT2D eigenvalue weighted by Gasteiger charge is -2.14. The molecule has 0 radical (unpaired) electrons. The van der Waals surface area contributed by atoms with Gasteiger partial charge in [0.1, 0.15) is 18.9 Å². The third-order valence-corrected chi connectivity index (χ3v) is 3.92. The fourth-order valence-corrected chi connectivity index (χ4v) is 2.55. The summed E-state index contributed by atoms with van der Waals surface area (Å²) in [6.45, 7) is 5.31. The van der Waals surface area contributed by atoms with Gasteiger partial charge in [-0.1, -0.05) is 28.6 Å². The molecule has 0 aliphatic rings. The standard InChI is InChI=1S/C19H21BrN2O2/c1-3-12-24-18-10-4-15(5-11-18)13-22(2)14-19(23)21-17-8-6-16(20)7-9-17/h3-11H,1,12-14H2,2H3,(H,21,23)/p+1. The molecule has 0 fully saturated rings. The predicted molar refractivity (Wildman–Crippen MR) is 100 cm³/mol. The fourth-order valence-electron chi connectivity index (χ4n) is 2.28. The van der Waals surface area contributed by atoms with Crippen molar-refractivity contribution in [1.82, 2.24) is 0 Å². The van der Waals surface area contributed by atoms with Crippen molar-refractivity contribution in [2.24, 2.45) is 0 Å². The second kappa shape index (κ2) is 9.25. The topological polar surface area (TPSA) is 42.8 Å². The molecule has 2 rings (SSSR count). The molecule has 2 aromatic rings. The van der Waals surface area contributed by atoms with Gasteiger partial charge in [0.2, 0.25) is 0 Å². The molecule has 0 heterocycles. The molecular formula is C19H22BrN2O2+. The number of ether oxygens (including phenoxy) is 1. The van der Waals surface area contributed by atoms with E-state index in [-0.39, 0.29) is 5.91 Å². The van der Waals surface area contributed by atoms with Crippen LogP contribution in [0.1, 0.15) is 5.56 Å². The van der Waals surface area contributed by atoms with E-state index >= 15 is 0 Å². The molecule has 2 N–H and O–H groups in total. The highest BCUT2D eigenvalue weighted by molar-refractivity contribution is 9.10. The molecule has 0 aliphatic carbocycles. The van der Waals surface area contributed by atoms with Crippen LogP contribution >= 0.6 is 15.9 Å². The molecule has 0 saturated heterocycles. The van der Waals surface area contributed by atoms with Crippen molar-refractivity contribution in [2.75, 3.05) is 25.5 Å². The average molecular weight is 390 g/mol. The predicted octanol–water partition coefficient (Wildman–Crippen LogP) is 2.67. The van der Waals surface area contributed by atoms with Crippen LogP contribution < -0.4 is 15.0 Å². The maximum absolute atomic E-state index is 12.1. The van der Waals surface area contributed by atoms with Crippen LogP contribution in [0.3, 0.4) is 0 Å². The van der Waals surface area contributed by atoms with E-state index in [9.17, 15) is 4.79 Å². The first kappa shape index (κ1) is 18.2. The SMILES string of the molecule is C=CCOc1ccc(C[NH+](C)CC(=O)Nc2ccc(Br)cc2)cc1. The van der Waals surface area contributed by atoms with Crippen molar-refractivity contribution in [3.8, 4) is 5.75 Å². The highest BCUT2D eigenvalue weighted by Crippen LogP contribution is 2.14. The lowest BCUT2D eigenvalue weighted by atomic mass is 10.2. The Hall–Kier alpha value is -2.11. The van der Waals surface area contributed by atoms with E-state index in [0.717, 1.165) is 32.9 Å². The van der Waals surface area contributed by atoms with Crippen LogP contribution in [-0.2, 0) is 11.3 Å². The molecule has 0 spiro atoms. The van der Waals surface area contributed by atoms with E-state index in [0.29, 0.717) is 13.2 Å². The second-order valence-electron chi connectivity index (χ2n) is 5.61. The van der Waals surface area contributed by atoms with Crippen LogP contribution in [0.5, 0.6) is 5.75 Å². The van der Waals surface area contributed by atoms with E-state index in [4.69, 9.17) is 4.74 Å². The zero-order valence-electron chi connectivity index (χ0n) is 13.7. The number of likely N-dealkylation sites (N-methyl/N-ethyl adjacent to an activating group) is 1. The first-order valence-electron chi connectivity index (χ1n) is 7.76. The van der Waals surface area contributed by atoms with Gasteiger partial charge in [-0.25, -0.2) is 0 Å². The summed E-state index contributed by atoms with van der Waals surface area (Å²) in [7, 11) is 2.00. The molecule has 0 bridgehead atoms. The van der Waals surface area contributed by atoms with Gasteiger partial charge < -0.3 is 15.0 Å². The van der Waals surface area contributed by atoms with Gasteiger partial charge in [-0.15, -0.1) is 0 Å². The lowest BCUT2D eigenvalue weighted by Crippen LogP contribution is -3.08. The maximum atomic E-state index is 12.1. The van der Waals surface area contributed by atoms with Crippen molar-refractivity contribution in [2.45, 2.75) is 6.54 Å². The summed E-state index contributed by atoms with van der Waals surface area (Å²) in [6, 6.07) is 15.5. The molecular weight excluding hydrogens is 368 g/mol. The van der Waals surface area contributed by atoms with Crippen LogP contribution in [0.2, 0.25) is 0 Å². The van der Waals surface area contributed by atoms with Crippen LogP contribution in [0.15, 0.2) is 65.7 Å². The Morgan fingerprint density at radius 2 is 1.88 bits per heavy atom. The summed E-state index contributed by atoms with van der Waals surface area (Å²) in [5, 5.41) is 2.91. The first-order chi connectivity index (χ1) is 11.6. The fraction of sp³-hybridized carbons (Fsp3) is 0.211. The monoisotopic (exact) mass is 389 g/mol. The third kappa shape index (κ3) is 6.18. The van der Waals surface area contributed by atoms with Crippen molar-refractivity contribution >= 4 is 27.5 Å². The molecule has 1 unspecified atom stereocenters. The minimum Gasteiger partial charge on any atom is -0.490 e. The number of amides is 1. The first-order valence-corrected chi connectivity index (χ1v) is 8.55. The van der Waals surface area contributed by atoms with Crippen LogP contribution in [0.4, 0.5) is 5.69 Å². The lowest BCUT2D eigenvalue weighted by molar-refractivity contribution is -0.885. The maximum Gasteiger partial charge on any atom is 0.279 e. The van der Waals surface area contributed by atoms with Crippen LogP contribution in [-0.4, -0.2) is 26.1 Å². The van der Waals surface area contributed by atoms with Gasteiger partial charge in [0.15, 0.2) is 6.54 Å². The number of quaternary nitrogens is 1. The summed E-state index contributed by atoms with van der Waals surface area (Å²) in [6.07, 6.45) is 1.72. The average Bonchev–Trinajstić information content (AvgIpc) is 2.56. The molecule has 0 saturated carbocycles. The number of anilines is 1. The van der Waals surface area contributed by atoms with Gasteiger partial charge in [-0.05, 0) is 48.5 Å². The molecule has 0 aromatic heterocycles. The normalized spacial score (nSPS) is 11.6. The zero-order valence-corrected chi connectivity index (χ0v) is 15.3. The van der Waals surface area contributed by atoms with Crippen LogP contribution in [0, 0.1) is 0 Å². The second-order valence-corrected chi connectivity index (χ2v) is 6.53. The summed E-state index contributed by atoms with van der Waals surface area (Å²) in [5.41, 5.74) is 1.97. The molecule has 1 amide bonds. The van der Waals surface area contributed by atoms with Gasteiger partial charge in [0, 0.05) is 15.7 Å². The van der Waals surface area contributed by atoms with Gasteiger partial charge in [0.25, 0.3) is 5.91 Å². The summed E-state index contributed by atoms with van der Waals surface area (Å²) >= 11 is 3.38. The number of hydrogen-bond donors (Lipinski definition) is 2. The largest absolute Gasteiger partial charge is 0.490 e. The minimum absolute atomic E-state index is 0.000703.